The highest BCUT2D eigenvalue weighted by Crippen LogP contribution is 2.20. The lowest BCUT2D eigenvalue weighted by atomic mass is 9.88. The molecule has 0 aliphatic carbocycles. The Bertz CT molecular complexity index is 510. The second-order valence-electron chi connectivity index (χ2n) is 8.23. The quantitative estimate of drug-likeness (QED) is 0.184. The molecule has 0 unspecified atom stereocenters. The largest absolute Gasteiger partial charge is 0.344 e. The first-order valence-corrected chi connectivity index (χ1v) is 9.80. The number of nitrogens with zero attached hydrogens (tertiary/aromatic N) is 3. The van der Waals surface area contributed by atoms with Crippen LogP contribution >= 0.6 is 0 Å². The number of hydrogen-bond donors (Lipinski definition) is 1. The summed E-state index contributed by atoms with van der Waals surface area (Å²) in [5.41, 5.74) is -0.410. The predicted octanol–water partition coefficient (Wildman–Crippen LogP) is 3.30. The molecule has 0 saturated heterocycles. The second-order valence-corrected chi connectivity index (χ2v) is 8.23. The van der Waals surface area contributed by atoms with Crippen LogP contribution in [0.1, 0.15) is 72.6 Å². The van der Waals surface area contributed by atoms with Crippen LogP contribution in [0.3, 0.4) is 0 Å². The van der Waals surface area contributed by atoms with Gasteiger partial charge in [0, 0.05) is 19.5 Å². The van der Waals surface area contributed by atoms with Crippen LogP contribution in [-0.4, -0.2) is 59.7 Å². The standard InChI is InChI=1S/C20H37N3O4/c1-7-8-9-10-11-12-13-16(14-23(27)15-24)18(25)21-17(20(2,3)4)19(26)22(5)6/h15-16,27H,7-14H2,1-6H3/t16-/m1/s1. The summed E-state index contributed by atoms with van der Waals surface area (Å²) in [5.74, 6) is -1.41. The van der Waals surface area contributed by atoms with E-state index in [1.54, 1.807) is 14.1 Å². The molecule has 7 nitrogen and oxygen atoms in total. The van der Waals surface area contributed by atoms with Crippen LogP contribution in [0, 0.1) is 11.3 Å². The van der Waals surface area contributed by atoms with E-state index in [-0.39, 0.29) is 24.6 Å². The highest BCUT2D eigenvalue weighted by Gasteiger charge is 2.30. The van der Waals surface area contributed by atoms with Crippen molar-refractivity contribution < 1.29 is 19.6 Å². The van der Waals surface area contributed by atoms with E-state index in [9.17, 15) is 19.6 Å². The smallest absolute Gasteiger partial charge is 0.268 e. The molecule has 0 fully saturated rings. The molecular formula is C20H37N3O4. The van der Waals surface area contributed by atoms with E-state index in [2.05, 4.69) is 11.9 Å². The number of carbonyl (C=O) groups excluding carboxylic acids is 3. The van der Waals surface area contributed by atoms with Gasteiger partial charge in [0.15, 0.2) is 0 Å². The minimum Gasteiger partial charge on any atom is -0.344 e. The van der Waals surface area contributed by atoms with Gasteiger partial charge in [-0.25, -0.2) is 10.1 Å². The minimum absolute atomic E-state index is 0.117. The third kappa shape index (κ3) is 10.2. The Labute approximate surface area is 163 Å². The fourth-order valence-corrected chi connectivity index (χ4v) is 2.68. The van der Waals surface area contributed by atoms with Gasteiger partial charge in [0.2, 0.25) is 6.41 Å². The molecule has 0 rings (SSSR count). The summed E-state index contributed by atoms with van der Waals surface area (Å²) in [7, 11) is 3.23. The first-order chi connectivity index (χ1) is 12.5. The van der Waals surface area contributed by atoms with Crippen LogP contribution in [0.4, 0.5) is 0 Å². The van der Waals surface area contributed by atoms with E-state index in [0.29, 0.717) is 11.5 Å². The lowest BCUT2D eigenvalue weighted by molar-refractivity contribution is -0.154. The van der Waals surface area contributed by atoms with Crippen molar-refractivity contribution in [3.05, 3.63) is 0 Å². The molecule has 0 aromatic rings. The maximum atomic E-state index is 12.7. The maximum Gasteiger partial charge on any atom is 0.268 e. The maximum absolute atomic E-state index is 12.7. The number of unbranched alkanes of at least 4 members (excludes halogenated alkanes) is 5. The highest BCUT2D eigenvalue weighted by molar-refractivity contribution is 6.41. The predicted molar refractivity (Wildman–Crippen MR) is 107 cm³/mol. The monoisotopic (exact) mass is 383 g/mol. The summed E-state index contributed by atoms with van der Waals surface area (Å²) in [6.07, 6.45) is 7.24. The average molecular weight is 384 g/mol. The Morgan fingerprint density at radius 2 is 1.63 bits per heavy atom. The normalized spacial score (nSPS) is 13.2. The van der Waals surface area contributed by atoms with Gasteiger partial charge in [-0.3, -0.25) is 19.6 Å². The zero-order valence-corrected chi connectivity index (χ0v) is 17.8. The zero-order valence-electron chi connectivity index (χ0n) is 17.8. The molecule has 156 valence electrons. The van der Waals surface area contributed by atoms with E-state index in [1.165, 1.54) is 24.2 Å². The zero-order chi connectivity index (χ0) is 21.0. The van der Waals surface area contributed by atoms with Crippen LogP contribution in [0.25, 0.3) is 0 Å². The summed E-state index contributed by atoms with van der Waals surface area (Å²) in [6, 6.07) is 0. The van der Waals surface area contributed by atoms with Crippen LogP contribution < -0.4 is 0 Å². The van der Waals surface area contributed by atoms with Gasteiger partial charge in [-0.15, -0.1) is 0 Å². The molecule has 0 radical (unpaired) electrons. The first kappa shape index (κ1) is 25.2. The van der Waals surface area contributed by atoms with Gasteiger partial charge in [-0.05, 0) is 6.42 Å². The SMILES string of the molecule is CCCCCCCC[C@H](CN(O)C=O)C(=O)N=C(C(=O)N(C)C)C(C)(C)C. The van der Waals surface area contributed by atoms with Crippen LogP contribution in [0.5, 0.6) is 0 Å². The minimum atomic E-state index is -0.626. The van der Waals surface area contributed by atoms with Crippen molar-refractivity contribution in [3.63, 3.8) is 0 Å². The van der Waals surface area contributed by atoms with Crippen molar-refractivity contribution in [2.24, 2.45) is 16.3 Å². The summed E-state index contributed by atoms with van der Waals surface area (Å²) in [4.78, 5) is 41.4. The Hall–Kier alpha value is -1.76. The summed E-state index contributed by atoms with van der Waals surface area (Å²) in [6.45, 7) is 7.52. The molecule has 0 saturated carbocycles. The number of rotatable bonds is 12. The lowest BCUT2D eigenvalue weighted by Gasteiger charge is -2.24. The van der Waals surface area contributed by atoms with E-state index in [4.69, 9.17) is 0 Å². The summed E-state index contributed by atoms with van der Waals surface area (Å²) in [5, 5.41) is 10.0. The molecule has 1 N–H and O–H groups in total. The molecule has 0 aromatic carbocycles. The van der Waals surface area contributed by atoms with E-state index >= 15 is 0 Å². The van der Waals surface area contributed by atoms with E-state index in [1.807, 2.05) is 20.8 Å². The molecular weight excluding hydrogens is 346 g/mol. The van der Waals surface area contributed by atoms with Gasteiger partial charge < -0.3 is 4.90 Å². The van der Waals surface area contributed by atoms with Gasteiger partial charge in [0.1, 0.15) is 5.71 Å². The number of aliphatic imine (C=N–C) groups is 1. The van der Waals surface area contributed by atoms with Gasteiger partial charge in [0.25, 0.3) is 11.8 Å². The van der Waals surface area contributed by atoms with Crippen molar-refractivity contribution in [1.82, 2.24) is 9.96 Å². The lowest BCUT2D eigenvalue weighted by Crippen LogP contribution is -2.39. The number of carbonyl (C=O) groups is 3. The molecule has 0 heterocycles. The highest BCUT2D eigenvalue weighted by atomic mass is 16.5. The van der Waals surface area contributed by atoms with Gasteiger partial charge in [0.05, 0.1) is 12.5 Å². The van der Waals surface area contributed by atoms with Crippen molar-refractivity contribution in [2.75, 3.05) is 20.6 Å². The summed E-state index contributed by atoms with van der Waals surface area (Å²) < 4.78 is 0. The van der Waals surface area contributed by atoms with E-state index < -0.39 is 17.2 Å². The third-order valence-corrected chi connectivity index (χ3v) is 4.33. The third-order valence-electron chi connectivity index (χ3n) is 4.33. The Kier molecular flexibility index (Phi) is 11.8. The van der Waals surface area contributed by atoms with Crippen LogP contribution in [0.15, 0.2) is 4.99 Å². The van der Waals surface area contributed by atoms with Crippen molar-refractivity contribution in [1.29, 1.82) is 0 Å². The van der Waals surface area contributed by atoms with Crippen molar-refractivity contribution >= 4 is 23.9 Å². The fourth-order valence-electron chi connectivity index (χ4n) is 2.68. The summed E-state index contributed by atoms with van der Waals surface area (Å²) >= 11 is 0. The van der Waals surface area contributed by atoms with Crippen molar-refractivity contribution in [3.8, 4) is 0 Å². The van der Waals surface area contributed by atoms with Crippen LogP contribution in [0.2, 0.25) is 0 Å². The number of hydroxylamine groups is 2. The van der Waals surface area contributed by atoms with Gasteiger partial charge >= 0.3 is 0 Å². The topological polar surface area (TPSA) is 90.3 Å². The first-order valence-electron chi connectivity index (χ1n) is 9.80. The molecule has 27 heavy (non-hydrogen) atoms. The molecule has 0 aliphatic rings. The van der Waals surface area contributed by atoms with Gasteiger partial charge in [-0.1, -0.05) is 66.2 Å². The number of hydrogen-bond acceptors (Lipinski definition) is 4. The fraction of sp³-hybridized carbons (Fsp3) is 0.800. The van der Waals surface area contributed by atoms with E-state index in [0.717, 1.165) is 19.3 Å². The molecule has 3 amide bonds. The molecule has 7 heteroatoms. The molecule has 1 atom stereocenters. The Morgan fingerprint density at radius 3 is 2.11 bits per heavy atom. The van der Waals surface area contributed by atoms with Gasteiger partial charge in [-0.2, -0.15) is 0 Å². The molecule has 0 aliphatic heterocycles. The molecule has 0 spiro atoms. The Balaban J connectivity index is 5.22. The Morgan fingerprint density at radius 1 is 1.07 bits per heavy atom. The average Bonchev–Trinajstić information content (AvgIpc) is 2.59. The van der Waals surface area contributed by atoms with Crippen LogP contribution in [-0.2, 0) is 14.4 Å². The number of amides is 3. The molecule has 0 aromatic heterocycles. The molecule has 0 bridgehead atoms. The van der Waals surface area contributed by atoms with Crippen molar-refractivity contribution in [2.45, 2.75) is 72.6 Å². The second kappa shape index (κ2) is 12.6.